The Hall–Kier alpha value is -1.75. The molecule has 16 heavy (non-hydrogen) atoms. The van der Waals surface area contributed by atoms with Gasteiger partial charge in [0.2, 0.25) is 0 Å². The number of hydrogen-bond donors (Lipinski definition) is 2. The van der Waals surface area contributed by atoms with E-state index < -0.39 is 0 Å². The maximum Gasteiger partial charge on any atom is 0.146 e. The number of hydrogen-bond acceptors (Lipinski definition) is 5. The van der Waals surface area contributed by atoms with Crippen LogP contribution in [-0.4, -0.2) is 9.97 Å². The van der Waals surface area contributed by atoms with E-state index in [4.69, 9.17) is 5.73 Å². The second kappa shape index (κ2) is 4.40. The summed E-state index contributed by atoms with van der Waals surface area (Å²) in [7, 11) is 0. The standard InChI is InChI=1S/C11H12N4S/c1-8-4-2-6-10(13-8)15(16)11-7-3-5-9(12)14-11/h2-7,16H,1H3,(H2,12,14). The van der Waals surface area contributed by atoms with Crippen LogP contribution in [0, 0.1) is 6.92 Å². The van der Waals surface area contributed by atoms with E-state index in [-0.39, 0.29) is 0 Å². The summed E-state index contributed by atoms with van der Waals surface area (Å²) in [5, 5.41) is 0. The third kappa shape index (κ3) is 2.25. The number of rotatable bonds is 2. The first-order valence-electron chi connectivity index (χ1n) is 4.82. The molecule has 0 unspecified atom stereocenters. The van der Waals surface area contributed by atoms with E-state index in [2.05, 4.69) is 22.8 Å². The molecule has 2 N–H and O–H groups in total. The molecule has 2 aromatic rings. The Balaban J connectivity index is 2.35. The molecule has 0 aliphatic rings. The van der Waals surface area contributed by atoms with E-state index in [0.29, 0.717) is 11.6 Å². The molecule has 0 saturated carbocycles. The van der Waals surface area contributed by atoms with Gasteiger partial charge in [-0.25, -0.2) is 9.97 Å². The van der Waals surface area contributed by atoms with Crippen molar-refractivity contribution in [3.63, 3.8) is 0 Å². The van der Waals surface area contributed by atoms with Gasteiger partial charge in [-0.05, 0) is 31.2 Å². The van der Waals surface area contributed by atoms with Crippen LogP contribution >= 0.6 is 12.8 Å². The highest BCUT2D eigenvalue weighted by atomic mass is 32.1. The molecule has 82 valence electrons. The van der Waals surface area contributed by atoms with E-state index in [9.17, 15) is 0 Å². The fraction of sp³-hybridized carbons (Fsp3) is 0.0909. The van der Waals surface area contributed by atoms with Gasteiger partial charge in [0.1, 0.15) is 17.5 Å². The van der Waals surface area contributed by atoms with Crippen LogP contribution in [0.5, 0.6) is 0 Å². The zero-order valence-corrected chi connectivity index (χ0v) is 9.72. The van der Waals surface area contributed by atoms with Gasteiger partial charge >= 0.3 is 0 Å². The smallest absolute Gasteiger partial charge is 0.146 e. The van der Waals surface area contributed by atoms with Gasteiger partial charge in [0, 0.05) is 5.69 Å². The van der Waals surface area contributed by atoms with Gasteiger partial charge in [0.05, 0.1) is 0 Å². The topological polar surface area (TPSA) is 55.0 Å². The fourth-order valence-electron chi connectivity index (χ4n) is 1.32. The molecular weight excluding hydrogens is 220 g/mol. The van der Waals surface area contributed by atoms with Gasteiger partial charge in [-0.2, -0.15) is 0 Å². The number of thiol groups is 1. The molecule has 0 saturated heterocycles. The Morgan fingerprint density at radius 1 is 1.06 bits per heavy atom. The highest BCUT2D eigenvalue weighted by Crippen LogP contribution is 2.24. The summed E-state index contributed by atoms with van der Waals surface area (Å²) in [4.78, 5) is 8.51. The van der Waals surface area contributed by atoms with Crippen molar-refractivity contribution in [3.8, 4) is 0 Å². The van der Waals surface area contributed by atoms with Crippen molar-refractivity contribution in [1.29, 1.82) is 0 Å². The summed E-state index contributed by atoms with van der Waals surface area (Å²) in [5.74, 6) is 1.84. The molecule has 0 bridgehead atoms. The minimum atomic E-state index is 0.462. The summed E-state index contributed by atoms with van der Waals surface area (Å²) in [6, 6.07) is 11.1. The summed E-state index contributed by atoms with van der Waals surface area (Å²) in [6.45, 7) is 1.93. The third-order valence-electron chi connectivity index (χ3n) is 2.06. The van der Waals surface area contributed by atoms with E-state index in [0.717, 1.165) is 11.5 Å². The summed E-state index contributed by atoms with van der Waals surface area (Å²) < 4.78 is 1.60. The van der Waals surface area contributed by atoms with Crippen LogP contribution in [0.25, 0.3) is 0 Å². The number of nitrogens with zero attached hydrogens (tertiary/aromatic N) is 3. The lowest BCUT2D eigenvalue weighted by atomic mass is 10.3. The first-order valence-corrected chi connectivity index (χ1v) is 5.22. The molecule has 0 spiro atoms. The lowest BCUT2D eigenvalue weighted by Gasteiger charge is -2.15. The van der Waals surface area contributed by atoms with Crippen LogP contribution in [0.4, 0.5) is 17.5 Å². The van der Waals surface area contributed by atoms with Crippen LogP contribution in [0.1, 0.15) is 5.69 Å². The molecule has 0 amide bonds. The highest BCUT2D eigenvalue weighted by molar-refractivity contribution is 7.82. The average molecular weight is 232 g/mol. The van der Waals surface area contributed by atoms with Crippen LogP contribution in [0.15, 0.2) is 36.4 Å². The number of aromatic nitrogens is 2. The maximum atomic E-state index is 5.61. The van der Waals surface area contributed by atoms with Gasteiger partial charge in [0.15, 0.2) is 0 Å². The van der Waals surface area contributed by atoms with Gasteiger partial charge in [0.25, 0.3) is 0 Å². The normalized spacial score (nSPS) is 10.1. The monoisotopic (exact) mass is 232 g/mol. The van der Waals surface area contributed by atoms with Crippen molar-refractivity contribution in [1.82, 2.24) is 9.97 Å². The van der Waals surface area contributed by atoms with Crippen molar-refractivity contribution in [2.24, 2.45) is 0 Å². The Morgan fingerprint density at radius 3 is 2.31 bits per heavy atom. The van der Waals surface area contributed by atoms with Crippen LogP contribution in [0.2, 0.25) is 0 Å². The molecule has 0 aromatic carbocycles. The average Bonchev–Trinajstić information content (AvgIpc) is 2.28. The van der Waals surface area contributed by atoms with Gasteiger partial charge in [-0.1, -0.05) is 24.9 Å². The lowest BCUT2D eigenvalue weighted by Crippen LogP contribution is -2.07. The van der Waals surface area contributed by atoms with Crippen molar-refractivity contribution in [3.05, 3.63) is 42.1 Å². The molecular formula is C11H12N4S. The molecule has 4 nitrogen and oxygen atoms in total. The van der Waals surface area contributed by atoms with Crippen LogP contribution < -0.4 is 10.0 Å². The molecule has 0 atom stereocenters. The van der Waals surface area contributed by atoms with Crippen molar-refractivity contribution in [2.45, 2.75) is 6.92 Å². The second-order valence-electron chi connectivity index (χ2n) is 3.37. The predicted molar refractivity (Wildman–Crippen MR) is 68.7 cm³/mol. The minimum absolute atomic E-state index is 0.462. The lowest BCUT2D eigenvalue weighted by molar-refractivity contribution is 1.15. The first kappa shape index (κ1) is 10.8. The van der Waals surface area contributed by atoms with Gasteiger partial charge in [-0.3, -0.25) is 4.31 Å². The largest absolute Gasteiger partial charge is 0.384 e. The molecule has 5 heteroatoms. The summed E-state index contributed by atoms with van der Waals surface area (Å²) in [6.07, 6.45) is 0. The van der Waals surface area contributed by atoms with Crippen LogP contribution in [-0.2, 0) is 0 Å². The molecule has 2 heterocycles. The third-order valence-corrected chi connectivity index (χ3v) is 2.47. The zero-order valence-electron chi connectivity index (χ0n) is 8.83. The van der Waals surface area contributed by atoms with E-state index in [1.165, 1.54) is 0 Å². The fourth-order valence-corrected chi connectivity index (χ4v) is 1.54. The van der Waals surface area contributed by atoms with Crippen molar-refractivity contribution in [2.75, 3.05) is 10.0 Å². The molecule has 0 aliphatic carbocycles. The summed E-state index contributed by atoms with van der Waals surface area (Å²) in [5.41, 5.74) is 6.54. The number of nitrogen functional groups attached to an aromatic ring is 1. The number of anilines is 3. The van der Waals surface area contributed by atoms with Crippen molar-refractivity contribution < 1.29 is 0 Å². The first-order chi connectivity index (χ1) is 7.66. The van der Waals surface area contributed by atoms with Gasteiger partial charge < -0.3 is 5.73 Å². The Bertz CT molecular complexity index is 455. The SMILES string of the molecule is Cc1cccc(N(S)c2cccc(N)n2)n1. The quantitative estimate of drug-likeness (QED) is 0.780. The zero-order chi connectivity index (χ0) is 11.5. The Morgan fingerprint density at radius 2 is 1.69 bits per heavy atom. The maximum absolute atomic E-state index is 5.61. The Kier molecular flexibility index (Phi) is 2.96. The summed E-state index contributed by atoms with van der Waals surface area (Å²) >= 11 is 4.36. The molecule has 0 aliphatic heterocycles. The molecule has 2 aromatic heterocycles. The predicted octanol–water partition coefficient (Wildman–Crippen LogP) is 2.35. The van der Waals surface area contributed by atoms with Crippen molar-refractivity contribution >= 4 is 30.3 Å². The van der Waals surface area contributed by atoms with Gasteiger partial charge in [-0.15, -0.1) is 0 Å². The molecule has 2 rings (SSSR count). The Labute approximate surface area is 99.7 Å². The van der Waals surface area contributed by atoms with E-state index in [1.807, 2.05) is 37.3 Å². The molecule has 0 fully saturated rings. The second-order valence-corrected chi connectivity index (χ2v) is 3.77. The number of aryl methyl sites for hydroxylation is 1. The number of nitrogens with two attached hydrogens (primary N) is 1. The minimum Gasteiger partial charge on any atom is -0.384 e. The van der Waals surface area contributed by atoms with E-state index in [1.54, 1.807) is 10.4 Å². The van der Waals surface area contributed by atoms with E-state index >= 15 is 0 Å². The van der Waals surface area contributed by atoms with Crippen LogP contribution in [0.3, 0.4) is 0 Å². The number of pyridine rings is 2. The molecule has 0 radical (unpaired) electrons. The highest BCUT2D eigenvalue weighted by Gasteiger charge is 2.07.